The number of benzene rings is 1. The minimum absolute atomic E-state index is 0.0442. The van der Waals surface area contributed by atoms with Crippen LogP contribution in [0.1, 0.15) is 76.6 Å². The molecule has 0 bridgehead atoms. The lowest BCUT2D eigenvalue weighted by molar-refractivity contribution is -0.151. The van der Waals surface area contributed by atoms with Gasteiger partial charge in [0, 0.05) is 0 Å². The van der Waals surface area contributed by atoms with Gasteiger partial charge < -0.3 is 18.6 Å². The van der Waals surface area contributed by atoms with E-state index in [0.29, 0.717) is 5.56 Å². The highest BCUT2D eigenvalue weighted by molar-refractivity contribution is 6.74. The fourth-order valence-corrected chi connectivity index (χ4v) is 5.19. The van der Waals surface area contributed by atoms with Crippen LogP contribution in [0.4, 0.5) is 0 Å². The van der Waals surface area contributed by atoms with Gasteiger partial charge in [-0.25, -0.2) is 4.79 Å². The Balaban J connectivity index is 1.82. The van der Waals surface area contributed by atoms with E-state index in [1.165, 1.54) is 7.11 Å². The first kappa shape index (κ1) is 29.3. The van der Waals surface area contributed by atoms with Crippen molar-refractivity contribution in [2.75, 3.05) is 7.11 Å². The molecule has 7 heteroatoms. The third kappa shape index (κ3) is 9.54. The molecular weight excluding hydrogens is 460 g/mol. The van der Waals surface area contributed by atoms with E-state index in [4.69, 9.17) is 18.6 Å². The number of methoxy groups -OCH3 is 1. The Hall–Kier alpha value is -1.96. The minimum atomic E-state index is -1.98. The number of rotatable bonds is 11. The average Bonchev–Trinajstić information content (AvgIpc) is 2.80. The van der Waals surface area contributed by atoms with Crippen molar-refractivity contribution in [1.29, 1.82) is 0 Å². The van der Waals surface area contributed by atoms with Gasteiger partial charge in [0.2, 0.25) is 0 Å². The molecule has 1 aromatic rings. The first-order valence-electron chi connectivity index (χ1n) is 12.8. The number of carbonyl (C=O) groups is 2. The van der Waals surface area contributed by atoms with Crippen molar-refractivity contribution < 1.29 is 28.2 Å². The van der Waals surface area contributed by atoms with Crippen LogP contribution in [0.5, 0.6) is 0 Å². The molecule has 0 unspecified atom stereocenters. The summed E-state index contributed by atoms with van der Waals surface area (Å²) >= 11 is 0. The Bertz CT molecular complexity index is 830. The second kappa shape index (κ2) is 13.4. The largest absolute Gasteiger partial charge is 0.469 e. The van der Waals surface area contributed by atoms with Gasteiger partial charge in [0.1, 0.15) is 0 Å². The summed E-state index contributed by atoms with van der Waals surface area (Å²) in [5.74, 6) is -0.558. The Morgan fingerprint density at radius 1 is 1.17 bits per heavy atom. The first-order valence-corrected chi connectivity index (χ1v) is 15.7. The number of hydrogen-bond acceptors (Lipinski definition) is 6. The molecule has 0 amide bonds. The summed E-state index contributed by atoms with van der Waals surface area (Å²) in [6, 6.07) is 9.06. The summed E-state index contributed by atoms with van der Waals surface area (Å²) in [5.41, 5.74) is 0.575. The van der Waals surface area contributed by atoms with E-state index in [0.717, 1.165) is 32.1 Å². The lowest BCUT2D eigenvalue weighted by Crippen LogP contribution is -2.50. The highest BCUT2D eigenvalue weighted by atomic mass is 28.4. The summed E-state index contributed by atoms with van der Waals surface area (Å²) in [7, 11) is -0.577. The predicted molar refractivity (Wildman–Crippen MR) is 141 cm³/mol. The molecule has 1 fully saturated rings. The maximum absolute atomic E-state index is 12.2. The molecule has 35 heavy (non-hydrogen) atoms. The van der Waals surface area contributed by atoms with Gasteiger partial charge in [-0.3, -0.25) is 4.79 Å². The number of esters is 2. The van der Waals surface area contributed by atoms with Crippen LogP contribution in [0, 0.1) is 0 Å². The van der Waals surface area contributed by atoms with Crippen molar-refractivity contribution >= 4 is 20.3 Å². The molecule has 0 aromatic heterocycles. The second-order valence-corrected chi connectivity index (χ2v) is 15.7. The van der Waals surface area contributed by atoms with Gasteiger partial charge in [0.25, 0.3) is 0 Å². The van der Waals surface area contributed by atoms with E-state index in [1.54, 1.807) is 12.1 Å². The van der Waals surface area contributed by atoms with Crippen LogP contribution < -0.4 is 0 Å². The monoisotopic (exact) mass is 504 g/mol. The molecule has 196 valence electrons. The van der Waals surface area contributed by atoms with Gasteiger partial charge in [-0.1, -0.05) is 51.1 Å². The van der Waals surface area contributed by atoms with Gasteiger partial charge in [0.05, 0.1) is 43.5 Å². The molecule has 4 atom stereocenters. The smallest absolute Gasteiger partial charge is 0.338 e. The van der Waals surface area contributed by atoms with E-state index >= 15 is 0 Å². The predicted octanol–water partition coefficient (Wildman–Crippen LogP) is 6.46. The molecule has 0 N–H and O–H groups in total. The molecule has 6 nitrogen and oxygen atoms in total. The van der Waals surface area contributed by atoms with E-state index in [-0.39, 0.29) is 47.8 Å². The number of allylic oxidation sites excluding steroid dienone is 1. The highest BCUT2D eigenvalue weighted by Gasteiger charge is 2.43. The molecule has 0 radical (unpaired) electrons. The number of hydrogen-bond donors (Lipinski definition) is 0. The summed E-state index contributed by atoms with van der Waals surface area (Å²) < 4.78 is 23.4. The Kier molecular flexibility index (Phi) is 11.2. The lowest BCUT2D eigenvalue weighted by Gasteiger charge is -2.43. The van der Waals surface area contributed by atoms with Gasteiger partial charge in [-0.15, -0.1) is 0 Å². The molecule has 0 saturated carbocycles. The van der Waals surface area contributed by atoms with Crippen LogP contribution in [0.15, 0.2) is 42.5 Å². The second-order valence-electron chi connectivity index (χ2n) is 10.9. The first-order chi connectivity index (χ1) is 16.4. The van der Waals surface area contributed by atoms with Gasteiger partial charge in [-0.05, 0) is 69.3 Å². The average molecular weight is 505 g/mol. The maximum Gasteiger partial charge on any atom is 0.338 e. The van der Waals surface area contributed by atoms with Crippen molar-refractivity contribution in [3.63, 3.8) is 0 Å². The van der Waals surface area contributed by atoms with Crippen molar-refractivity contribution in [1.82, 2.24) is 0 Å². The van der Waals surface area contributed by atoms with Crippen LogP contribution in [-0.4, -0.2) is 51.8 Å². The van der Waals surface area contributed by atoms with Gasteiger partial charge >= 0.3 is 11.9 Å². The zero-order valence-corrected chi connectivity index (χ0v) is 23.5. The summed E-state index contributed by atoms with van der Waals surface area (Å²) in [5, 5.41) is 0.0894. The normalized spacial score (nSPS) is 22.1. The number of ether oxygens (including phenoxy) is 3. The molecule has 1 aliphatic rings. The van der Waals surface area contributed by atoms with Crippen molar-refractivity contribution in [3.05, 3.63) is 48.0 Å². The SMILES string of the molecule is COC(=O)C[C@@H]1O[C@@H](/C=C/CCC[C@H](C)OC(=O)c2ccccc2)CC[C@@H]1O[Si](C)(C)C(C)(C)C. The van der Waals surface area contributed by atoms with Crippen LogP contribution in [-0.2, 0) is 23.4 Å². The Labute approximate surface area is 212 Å². The van der Waals surface area contributed by atoms with Crippen LogP contribution in [0.25, 0.3) is 0 Å². The Morgan fingerprint density at radius 3 is 2.49 bits per heavy atom. The fraction of sp³-hybridized carbons (Fsp3) is 0.643. The lowest BCUT2D eigenvalue weighted by atomic mass is 9.98. The Morgan fingerprint density at radius 2 is 1.86 bits per heavy atom. The van der Waals surface area contributed by atoms with Crippen LogP contribution >= 0.6 is 0 Å². The maximum atomic E-state index is 12.2. The summed E-state index contributed by atoms with van der Waals surface area (Å²) in [6.07, 6.45) is 8.12. The molecule has 0 spiro atoms. The third-order valence-corrected chi connectivity index (χ3v) is 11.5. The van der Waals surface area contributed by atoms with Gasteiger partial charge in [0.15, 0.2) is 8.32 Å². The standard InChI is InChI=1S/C28H44O6Si/c1-21(32-27(30)22-15-11-9-12-16-22)14-10-8-13-17-23-18-19-24(25(33-23)20-26(29)31-5)34-35(6,7)28(2,3)4/h9,11-13,15-17,21,23-25H,8,10,14,18-20H2,1-7H3/b17-13+/t21-,23-,24-,25-/m0/s1. The zero-order valence-electron chi connectivity index (χ0n) is 22.5. The van der Waals surface area contributed by atoms with Crippen molar-refractivity contribution in [2.24, 2.45) is 0 Å². The quantitative estimate of drug-likeness (QED) is 0.149. The zero-order chi connectivity index (χ0) is 26.1. The third-order valence-electron chi connectivity index (χ3n) is 7.00. The van der Waals surface area contributed by atoms with Crippen LogP contribution in [0.2, 0.25) is 18.1 Å². The van der Waals surface area contributed by atoms with Crippen molar-refractivity contribution in [3.8, 4) is 0 Å². The van der Waals surface area contributed by atoms with E-state index in [2.05, 4.69) is 46.0 Å². The van der Waals surface area contributed by atoms with Crippen molar-refractivity contribution in [2.45, 2.75) is 109 Å². The number of carbonyl (C=O) groups excluding carboxylic acids is 2. The van der Waals surface area contributed by atoms with Crippen LogP contribution in [0.3, 0.4) is 0 Å². The minimum Gasteiger partial charge on any atom is -0.469 e. The molecule has 1 saturated heterocycles. The topological polar surface area (TPSA) is 71.1 Å². The molecule has 0 aliphatic carbocycles. The number of unbranched alkanes of at least 4 members (excludes halogenated alkanes) is 1. The molecule has 1 aromatic carbocycles. The molecule has 1 aliphatic heterocycles. The molecule has 1 heterocycles. The highest BCUT2D eigenvalue weighted by Crippen LogP contribution is 2.39. The van der Waals surface area contributed by atoms with E-state index < -0.39 is 8.32 Å². The summed E-state index contributed by atoms with van der Waals surface area (Å²) in [4.78, 5) is 24.2. The van der Waals surface area contributed by atoms with E-state index in [1.807, 2.05) is 25.1 Å². The molecule has 2 rings (SSSR count). The van der Waals surface area contributed by atoms with Gasteiger partial charge in [-0.2, -0.15) is 0 Å². The summed E-state index contributed by atoms with van der Waals surface area (Å²) in [6.45, 7) is 13.0. The van der Waals surface area contributed by atoms with E-state index in [9.17, 15) is 9.59 Å². The molecular formula is C28H44O6Si. The fourth-order valence-electron chi connectivity index (χ4n) is 3.81.